The number of nitrogens with two attached hydrogens (primary N) is 12. The van der Waals surface area contributed by atoms with Crippen molar-refractivity contribution in [3.8, 4) is 0 Å². The second-order valence-corrected chi connectivity index (χ2v) is 14.2. The van der Waals surface area contributed by atoms with E-state index < -0.39 is 108 Å². The Balaban J connectivity index is -0.000000117. The van der Waals surface area contributed by atoms with Crippen molar-refractivity contribution in [2.45, 2.75) is 113 Å². The summed E-state index contributed by atoms with van der Waals surface area (Å²) in [4.78, 5) is 122. The molecule has 38 heteroatoms. The Kier molecular flexibility index (Phi) is 64.8. The Bertz CT molecular complexity index is 1340. The van der Waals surface area contributed by atoms with E-state index in [1.165, 1.54) is 0 Å². The van der Waals surface area contributed by atoms with Crippen LogP contribution < -0.4 is 111 Å². The molecule has 0 aromatic rings. The minimum atomic E-state index is -1.28. The molecule has 0 saturated heterocycles. The Morgan fingerprint density at radius 1 is 0.311 bits per heavy atom. The van der Waals surface area contributed by atoms with Crippen molar-refractivity contribution in [1.82, 2.24) is 31.9 Å². The van der Waals surface area contributed by atoms with E-state index in [4.69, 9.17) is 89.2 Å². The normalized spacial score (nSPS) is 11.8. The largest absolute Gasteiger partial charge is 2.00 e. The van der Waals surface area contributed by atoms with Gasteiger partial charge < -0.3 is 141 Å². The summed E-state index contributed by atoms with van der Waals surface area (Å²) in [7, 11) is 0. The Morgan fingerprint density at radius 2 is 0.432 bits per heavy atom. The fourth-order valence-corrected chi connectivity index (χ4v) is 3.93. The standard InChI is InChI=1S/6C6H13N3O3.Ca.Ti/c6*7-4(5(10)11)2-1-3-9-6(8)12;;/h6*4H,1-3,7H2,(H,10,11)(H3,8,9,12);;/q;;;;;;+2;/p-2/t6*4-;;/m000000../s1. The van der Waals surface area contributed by atoms with Crippen LogP contribution in [0.2, 0.25) is 0 Å². The molecule has 0 spiro atoms. The molecule has 0 fully saturated rings. The molecule has 36 nitrogen and oxygen atoms in total. The van der Waals surface area contributed by atoms with Gasteiger partial charge in [-0.25, -0.2) is 28.8 Å². The number of primary amides is 6. The third-order valence-corrected chi connectivity index (χ3v) is 7.82. The topological polar surface area (TPSA) is 716 Å². The molecule has 34 N–H and O–H groups in total. The van der Waals surface area contributed by atoms with E-state index in [-0.39, 0.29) is 72.3 Å². The van der Waals surface area contributed by atoms with Crippen molar-refractivity contribution in [3.63, 3.8) is 0 Å². The fourth-order valence-electron chi connectivity index (χ4n) is 3.93. The number of carbonyl (C=O) groups excluding carboxylic acids is 8. The molecule has 0 aliphatic heterocycles. The van der Waals surface area contributed by atoms with Gasteiger partial charge in [-0.2, -0.15) is 0 Å². The van der Waals surface area contributed by atoms with Gasteiger partial charge >= 0.3 is 97.8 Å². The monoisotopic (exact) mass is 1140 g/mol. The van der Waals surface area contributed by atoms with Gasteiger partial charge in [-0.05, 0) is 77.0 Å². The van der Waals surface area contributed by atoms with Crippen molar-refractivity contribution < 1.29 is 110 Å². The molecule has 0 aromatic heterocycles. The SMILES string of the molecule is NC(=O)NCCC[C@H](N)C(=O)O.NC(=O)NCCC[C@H](N)C(=O)O.NC(=O)NCCC[C@H](N)C(=O)O.NC(=O)NCCC[C@H](N)C(=O)O.NC(=O)NCCC[C@H](N)C(=O)[O-].NC(=O)NCCC[C@H](N)C(=O)[O-].[Ca+2].[Ti]. The number of amides is 12. The van der Waals surface area contributed by atoms with E-state index in [0.717, 1.165) is 0 Å². The van der Waals surface area contributed by atoms with Crippen LogP contribution in [0, 0.1) is 0 Å². The zero-order chi connectivity index (χ0) is 57.4. The van der Waals surface area contributed by atoms with Crippen LogP contribution in [0.15, 0.2) is 0 Å². The number of carbonyl (C=O) groups is 12. The predicted octanol–water partition coefficient (Wildman–Crippen LogP) is -9.97. The minimum Gasteiger partial charge on any atom is -0.548 e. The molecule has 0 heterocycles. The van der Waals surface area contributed by atoms with Gasteiger partial charge in [0.05, 0.1) is 11.9 Å². The summed E-state index contributed by atoms with van der Waals surface area (Å²) in [6, 6.07) is -9.09. The van der Waals surface area contributed by atoms with Crippen LogP contribution in [0.25, 0.3) is 0 Å². The van der Waals surface area contributed by atoms with Gasteiger partial charge in [0.2, 0.25) is 0 Å². The Hall–Kier alpha value is -5.83. The first-order valence-corrected chi connectivity index (χ1v) is 21.3. The number of urea groups is 6. The molecule has 0 aliphatic carbocycles. The third-order valence-electron chi connectivity index (χ3n) is 7.82. The van der Waals surface area contributed by atoms with E-state index in [1.54, 1.807) is 0 Å². The van der Waals surface area contributed by atoms with Gasteiger partial charge in [0, 0.05) is 73.1 Å². The van der Waals surface area contributed by atoms with Crippen LogP contribution in [0.5, 0.6) is 0 Å². The number of aliphatic carboxylic acids is 6. The summed E-state index contributed by atoms with van der Waals surface area (Å²) in [5.74, 6) is -6.70. The smallest absolute Gasteiger partial charge is 0.548 e. The molecule has 0 bridgehead atoms. The summed E-state index contributed by atoms with van der Waals surface area (Å²) < 4.78 is 0. The zero-order valence-electron chi connectivity index (χ0n) is 40.8. The Labute approximate surface area is 470 Å². The Morgan fingerprint density at radius 3 is 0.527 bits per heavy atom. The maximum atomic E-state index is 10.2. The summed E-state index contributed by atoms with van der Waals surface area (Å²) in [6.45, 7) is 2.09. The quantitative estimate of drug-likeness (QED) is 0.0235. The summed E-state index contributed by atoms with van der Waals surface area (Å²) in [6.07, 6.45) is 4.83. The zero-order valence-corrected chi connectivity index (χ0v) is 44.6. The molecule has 0 rings (SSSR count). The van der Waals surface area contributed by atoms with Crippen molar-refractivity contribution in [1.29, 1.82) is 0 Å². The first-order valence-electron chi connectivity index (χ1n) is 21.3. The average Bonchev–Trinajstić information content (AvgIpc) is 3.27. The molecule has 0 aromatic carbocycles. The van der Waals surface area contributed by atoms with Gasteiger partial charge in [-0.1, -0.05) is 0 Å². The van der Waals surface area contributed by atoms with Crippen LogP contribution in [0.1, 0.15) is 77.0 Å². The molecule has 0 aliphatic rings. The number of hydrogen-bond acceptors (Lipinski definition) is 20. The predicted molar refractivity (Wildman–Crippen MR) is 255 cm³/mol. The molecule has 12 amide bonds. The first-order chi connectivity index (χ1) is 33.2. The maximum Gasteiger partial charge on any atom is 2.00 e. The maximum absolute atomic E-state index is 10.2. The summed E-state index contributed by atoms with van der Waals surface area (Å²) in [5, 5.41) is 67.5. The number of carboxylic acid groups (broad SMARTS) is 6. The van der Waals surface area contributed by atoms with Crippen LogP contribution >= 0.6 is 0 Å². The molecule has 0 radical (unpaired) electrons. The van der Waals surface area contributed by atoms with Crippen molar-refractivity contribution in [2.75, 3.05) is 39.3 Å². The van der Waals surface area contributed by atoms with Gasteiger partial charge in [0.1, 0.15) is 24.2 Å². The van der Waals surface area contributed by atoms with E-state index in [1.807, 2.05) is 0 Å². The third kappa shape index (κ3) is 77.6. The molecule has 6 atom stereocenters. The molecule has 424 valence electrons. The summed E-state index contributed by atoms with van der Waals surface area (Å²) >= 11 is 0. The van der Waals surface area contributed by atoms with Crippen LogP contribution in [0.3, 0.4) is 0 Å². The van der Waals surface area contributed by atoms with Crippen LogP contribution in [-0.2, 0) is 50.5 Å². The van der Waals surface area contributed by atoms with Gasteiger partial charge in [0.15, 0.2) is 0 Å². The number of nitrogens with one attached hydrogen (secondary N) is 6. The fraction of sp³-hybridized carbons (Fsp3) is 0.667. The van der Waals surface area contributed by atoms with E-state index >= 15 is 0 Å². The van der Waals surface area contributed by atoms with E-state index in [0.29, 0.717) is 103 Å². The first kappa shape index (κ1) is 85.0. The average molecular weight is 1140 g/mol. The number of hydrogen-bond donors (Lipinski definition) is 22. The van der Waals surface area contributed by atoms with E-state index in [2.05, 4.69) is 31.9 Å². The molecular formula is C36H76CaN18O18Ti. The van der Waals surface area contributed by atoms with Gasteiger partial charge in [-0.15, -0.1) is 0 Å². The van der Waals surface area contributed by atoms with Crippen LogP contribution in [0.4, 0.5) is 28.8 Å². The molecule has 0 saturated carbocycles. The second kappa shape index (κ2) is 56.5. The van der Waals surface area contributed by atoms with Gasteiger partial charge in [0.25, 0.3) is 0 Å². The number of carboxylic acids is 6. The van der Waals surface area contributed by atoms with Gasteiger partial charge in [-0.3, -0.25) is 19.2 Å². The molecule has 0 unspecified atom stereocenters. The van der Waals surface area contributed by atoms with Crippen molar-refractivity contribution in [3.05, 3.63) is 0 Å². The van der Waals surface area contributed by atoms with Crippen molar-refractivity contribution in [2.24, 2.45) is 68.8 Å². The second-order valence-electron chi connectivity index (χ2n) is 14.2. The minimum absolute atomic E-state index is 0. The molecule has 74 heavy (non-hydrogen) atoms. The van der Waals surface area contributed by atoms with Crippen LogP contribution in [-0.4, -0.2) is 206 Å². The van der Waals surface area contributed by atoms with Crippen molar-refractivity contribution >= 4 is 110 Å². The van der Waals surface area contributed by atoms with E-state index in [9.17, 15) is 67.7 Å². The number of rotatable bonds is 30. The summed E-state index contributed by atoms with van der Waals surface area (Å²) in [5.41, 5.74) is 59.6. The molecular weight excluding hydrogens is 1060 g/mol.